The summed E-state index contributed by atoms with van der Waals surface area (Å²) in [4.78, 5) is 18.9. The number of hydrogen-bond donors (Lipinski definition) is 2. The molecule has 0 radical (unpaired) electrons. The van der Waals surface area contributed by atoms with Crippen molar-refractivity contribution in [3.63, 3.8) is 0 Å². The van der Waals surface area contributed by atoms with E-state index in [0.29, 0.717) is 0 Å². The molecule has 8 heavy (non-hydrogen) atoms. The highest BCUT2D eigenvalue weighted by atomic mass is 16.7. The lowest BCUT2D eigenvalue weighted by atomic mass is 10.8. The average molecular weight is 120 g/mol. The molecule has 46 valence electrons. The Labute approximate surface area is 44.5 Å². The van der Waals surface area contributed by atoms with E-state index in [2.05, 4.69) is 4.74 Å². The molecule has 0 aliphatic carbocycles. The first-order valence-electron chi connectivity index (χ1n) is 1.70. The monoisotopic (exact) mass is 120 g/mol. The van der Waals surface area contributed by atoms with Gasteiger partial charge in [0.05, 0.1) is 0 Å². The number of rotatable bonds is 2. The molecule has 0 unspecified atom stereocenters. The number of ether oxygens (including phenoxy) is 1. The minimum absolute atomic E-state index is 0.796. The molecule has 0 amide bonds. The summed E-state index contributed by atoms with van der Waals surface area (Å²) < 4.78 is 3.62. The van der Waals surface area contributed by atoms with E-state index in [1.807, 2.05) is 0 Å². The van der Waals surface area contributed by atoms with Gasteiger partial charge in [0.1, 0.15) is 0 Å². The highest BCUT2D eigenvalue weighted by Crippen LogP contribution is 1.73. The molecular weight excluding hydrogens is 116 g/mol. The zero-order valence-electron chi connectivity index (χ0n) is 3.83. The zero-order valence-corrected chi connectivity index (χ0v) is 3.83. The molecule has 0 aliphatic heterocycles. The molecule has 0 aliphatic rings. The van der Waals surface area contributed by atoms with Gasteiger partial charge in [-0.25, -0.2) is 9.59 Å². The van der Waals surface area contributed by atoms with Crippen LogP contribution in [0, 0.1) is 0 Å². The molecule has 0 saturated carbocycles. The van der Waals surface area contributed by atoms with Gasteiger partial charge >= 0.3 is 12.1 Å². The van der Waals surface area contributed by atoms with E-state index >= 15 is 0 Å². The van der Waals surface area contributed by atoms with E-state index in [0.717, 1.165) is 0 Å². The van der Waals surface area contributed by atoms with Crippen LogP contribution in [0.4, 0.5) is 4.79 Å². The maximum absolute atomic E-state index is 9.52. The van der Waals surface area contributed by atoms with Gasteiger partial charge in [-0.3, -0.25) is 0 Å². The van der Waals surface area contributed by atoms with Gasteiger partial charge in [0.2, 0.25) is 0 Å². The topological polar surface area (TPSA) is 83.8 Å². The van der Waals surface area contributed by atoms with E-state index in [9.17, 15) is 9.59 Å². The van der Waals surface area contributed by atoms with Gasteiger partial charge < -0.3 is 14.9 Å². The van der Waals surface area contributed by atoms with Crippen LogP contribution in [0.25, 0.3) is 0 Å². The van der Waals surface area contributed by atoms with Crippen LogP contribution in [0.15, 0.2) is 0 Å². The number of carbonyl (C=O) groups is 2. The molecule has 0 rings (SSSR count). The van der Waals surface area contributed by atoms with Crippen LogP contribution in [0.3, 0.4) is 0 Å². The number of hydrogen-bond acceptors (Lipinski definition) is 3. The van der Waals surface area contributed by atoms with Crippen LogP contribution in [0.1, 0.15) is 0 Å². The van der Waals surface area contributed by atoms with Crippen molar-refractivity contribution in [1.82, 2.24) is 0 Å². The summed E-state index contributed by atoms with van der Waals surface area (Å²) in [6.07, 6.45) is -1.58. The van der Waals surface area contributed by atoms with Crippen LogP contribution in [-0.2, 0) is 9.53 Å². The molecule has 0 heterocycles. The van der Waals surface area contributed by atoms with E-state index in [4.69, 9.17) is 10.2 Å². The fourth-order valence-electron chi connectivity index (χ4n) is 0.123. The molecule has 5 heteroatoms. The highest BCUT2D eigenvalue weighted by molar-refractivity contribution is 5.71. The fraction of sp³-hybridized carbons (Fsp3) is 0.333. The Hall–Kier alpha value is -1.26. The SMILES string of the molecule is O=C(O)COC(=O)O. The smallest absolute Gasteiger partial charge is 0.479 e. The predicted molar refractivity (Wildman–Crippen MR) is 21.6 cm³/mol. The first-order valence-corrected chi connectivity index (χ1v) is 1.70. The Morgan fingerprint density at radius 2 is 1.88 bits per heavy atom. The standard InChI is InChI=1S/C3H4O5/c4-2(5)1-8-3(6)7/h1H2,(H,4,5)(H,6,7). The normalized spacial score (nSPS) is 8.00. The van der Waals surface area contributed by atoms with Gasteiger partial charge in [0.15, 0.2) is 6.61 Å². The second kappa shape index (κ2) is 2.84. The maximum Gasteiger partial charge on any atom is 0.506 e. The maximum atomic E-state index is 9.52. The summed E-state index contributed by atoms with van der Waals surface area (Å²) in [5.41, 5.74) is 0. The van der Waals surface area contributed by atoms with Crippen LogP contribution >= 0.6 is 0 Å². The van der Waals surface area contributed by atoms with E-state index in [1.54, 1.807) is 0 Å². The third-order valence-corrected chi connectivity index (χ3v) is 0.319. The second-order valence-electron chi connectivity index (χ2n) is 0.948. The van der Waals surface area contributed by atoms with E-state index < -0.39 is 18.7 Å². The van der Waals surface area contributed by atoms with Gasteiger partial charge in [-0.2, -0.15) is 0 Å². The van der Waals surface area contributed by atoms with Crippen molar-refractivity contribution in [1.29, 1.82) is 0 Å². The highest BCUT2D eigenvalue weighted by Gasteiger charge is 1.99. The van der Waals surface area contributed by atoms with Gasteiger partial charge in [-0.05, 0) is 0 Å². The Balaban J connectivity index is 3.18. The lowest BCUT2D eigenvalue weighted by Gasteiger charge is -1.90. The van der Waals surface area contributed by atoms with Crippen molar-refractivity contribution in [3.8, 4) is 0 Å². The first-order chi connectivity index (χ1) is 3.63. The summed E-state index contributed by atoms with van der Waals surface area (Å²) >= 11 is 0. The van der Waals surface area contributed by atoms with Crippen molar-refractivity contribution >= 4 is 12.1 Å². The van der Waals surface area contributed by atoms with Gasteiger partial charge in [-0.15, -0.1) is 0 Å². The Morgan fingerprint density at radius 1 is 1.38 bits per heavy atom. The lowest BCUT2D eigenvalue weighted by Crippen LogP contribution is -2.10. The molecule has 2 N–H and O–H groups in total. The fourth-order valence-corrected chi connectivity index (χ4v) is 0.123. The van der Waals surface area contributed by atoms with Crippen LogP contribution < -0.4 is 0 Å². The number of carboxylic acids is 1. The van der Waals surface area contributed by atoms with Crippen molar-refractivity contribution in [3.05, 3.63) is 0 Å². The molecule has 5 nitrogen and oxygen atoms in total. The molecule has 0 bridgehead atoms. The molecule has 0 atom stereocenters. The minimum atomic E-state index is -1.58. The minimum Gasteiger partial charge on any atom is -0.479 e. The predicted octanol–water partition coefficient (Wildman–Crippen LogP) is -0.234. The third kappa shape index (κ3) is 4.74. The Bertz CT molecular complexity index is 92.2. The van der Waals surface area contributed by atoms with Crippen molar-refractivity contribution < 1.29 is 24.5 Å². The first kappa shape index (κ1) is 6.74. The van der Waals surface area contributed by atoms with Gasteiger partial charge in [0, 0.05) is 0 Å². The molecular formula is C3H4O5. The van der Waals surface area contributed by atoms with Crippen LogP contribution in [0.2, 0.25) is 0 Å². The van der Waals surface area contributed by atoms with Crippen LogP contribution in [-0.4, -0.2) is 28.9 Å². The van der Waals surface area contributed by atoms with Gasteiger partial charge in [0.25, 0.3) is 0 Å². The summed E-state index contributed by atoms with van der Waals surface area (Å²) in [5, 5.41) is 15.5. The average Bonchev–Trinajstić information content (AvgIpc) is 1.61. The third-order valence-electron chi connectivity index (χ3n) is 0.319. The van der Waals surface area contributed by atoms with E-state index in [1.165, 1.54) is 0 Å². The quantitative estimate of drug-likeness (QED) is 0.491. The molecule has 0 aromatic carbocycles. The molecule has 0 spiro atoms. The summed E-state index contributed by atoms with van der Waals surface area (Å²) in [6.45, 7) is -0.796. The zero-order chi connectivity index (χ0) is 6.57. The summed E-state index contributed by atoms with van der Waals surface area (Å²) in [6, 6.07) is 0. The number of aliphatic carboxylic acids is 1. The molecule has 0 fully saturated rings. The molecule has 0 saturated heterocycles. The van der Waals surface area contributed by atoms with Crippen molar-refractivity contribution in [2.45, 2.75) is 0 Å². The largest absolute Gasteiger partial charge is 0.506 e. The Kier molecular flexibility index (Phi) is 2.39. The lowest BCUT2D eigenvalue weighted by molar-refractivity contribution is -0.140. The van der Waals surface area contributed by atoms with Crippen molar-refractivity contribution in [2.24, 2.45) is 0 Å². The van der Waals surface area contributed by atoms with E-state index in [-0.39, 0.29) is 0 Å². The Morgan fingerprint density at radius 3 is 2.00 bits per heavy atom. The van der Waals surface area contributed by atoms with Crippen molar-refractivity contribution in [2.75, 3.05) is 6.61 Å². The van der Waals surface area contributed by atoms with Crippen LogP contribution in [0.5, 0.6) is 0 Å². The van der Waals surface area contributed by atoms with Gasteiger partial charge in [-0.1, -0.05) is 0 Å². The molecule has 0 aromatic rings. The summed E-state index contributed by atoms with van der Waals surface area (Å²) in [7, 11) is 0. The second-order valence-corrected chi connectivity index (χ2v) is 0.948. The summed E-state index contributed by atoms with van der Waals surface area (Å²) in [5.74, 6) is -1.30. The number of carboxylic acid groups (broad SMARTS) is 2. The molecule has 0 aromatic heterocycles.